The third-order valence-electron chi connectivity index (χ3n) is 5.89. The number of hydrogen-bond acceptors (Lipinski definition) is 5. The van der Waals surface area contributed by atoms with Crippen molar-refractivity contribution >= 4 is 18.0 Å². The second-order valence-corrected chi connectivity index (χ2v) is 9.39. The van der Waals surface area contributed by atoms with Crippen molar-refractivity contribution in [3.63, 3.8) is 0 Å². The van der Waals surface area contributed by atoms with Gasteiger partial charge >= 0.3 is 35.5 Å². The molecule has 0 aliphatic heterocycles. The number of carbonyl (C=O) groups excluding carboxylic acids is 1. The molecule has 1 amide bonds. The van der Waals surface area contributed by atoms with E-state index in [1.165, 1.54) is 52.1 Å². The maximum absolute atomic E-state index is 13.6. The Morgan fingerprint density at radius 3 is 2.15 bits per heavy atom. The van der Waals surface area contributed by atoms with Gasteiger partial charge in [0.25, 0.3) is 5.91 Å². The molecule has 0 radical (unpaired) electrons. The van der Waals surface area contributed by atoms with Crippen molar-refractivity contribution in [2.45, 2.75) is 51.4 Å². The predicted octanol–water partition coefficient (Wildman–Crippen LogP) is 1.26. The first-order valence-corrected chi connectivity index (χ1v) is 12.1. The molecular formula is C28H32F2N3NaO5. The topological polar surface area (TPSA) is 116 Å². The molecule has 1 heterocycles. The summed E-state index contributed by atoms with van der Waals surface area (Å²) in [5.74, 6) is -2.57. The number of carboxylic acids is 1. The number of aliphatic hydroxyl groups excluding tert-OH is 2. The van der Waals surface area contributed by atoms with Crippen molar-refractivity contribution < 1.29 is 64.7 Å². The van der Waals surface area contributed by atoms with Gasteiger partial charge in [-0.25, -0.2) is 13.5 Å². The van der Waals surface area contributed by atoms with Gasteiger partial charge in [-0.1, -0.05) is 32.1 Å². The Balaban J connectivity index is 0.00000400. The van der Waals surface area contributed by atoms with Gasteiger partial charge in [0.2, 0.25) is 0 Å². The van der Waals surface area contributed by atoms with Gasteiger partial charge in [0, 0.05) is 25.6 Å². The first-order chi connectivity index (χ1) is 18.0. The number of aliphatic hydroxyl groups is 2. The average Bonchev–Trinajstić information content (AvgIpc) is 3.23. The predicted molar refractivity (Wildman–Crippen MR) is 139 cm³/mol. The number of nitrogens with zero attached hydrogens (tertiary/aromatic N) is 3. The Labute approximate surface area is 249 Å². The Morgan fingerprint density at radius 2 is 1.62 bits per heavy atom. The third-order valence-corrected chi connectivity index (χ3v) is 5.89. The number of rotatable bonds is 11. The van der Waals surface area contributed by atoms with E-state index >= 15 is 0 Å². The second-order valence-electron chi connectivity index (χ2n) is 9.39. The number of benzene rings is 2. The normalized spacial score (nSPS) is 12.8. The van der Waals surface area contributed by atoms with Gasteiger partial charge in [-0.05, 0) is 54.0 Å². The fraction of sp³-hybridized carbons (Fsp3) is 0.321. The van der Waals surface area contributed by atoms with E-state index in [0.29, 0.717) is 16.9 Å². The summed E-state index contributed by atoms with van der Waals surface area (Å²) in [4.78, 5) is 25.8. The summed E-state index contributed by atoms with van der Waals surface area (Å²) in [5, 5.41) is 33.7. The fourth-order valence-corrected chi connectivity index (χ4v) is 4.07. The largest absolute Gasteiger partial charge is 1.00 e. The van der Waals surface area contributed by atoms with Crippen molar-refractivity contribution in [1.29, 1.82) is 0 Å². The smallest absolute Gasteiger partial charge is 1.00 e. The molecule has 204 valence electrons. The zero-order valence-electron chi connectivity index (χ0n) is 23.4. The molecule has 3 N–H and O–H groups in total. The van der Waals surface area contributed by atoms with Crippen LogP contribution in [0, 0.1) is 11.6 Å². The van der Waals surface area contributed by atoms with Crippen molar-refractivity contribution in [3.8, 4) is 5.69 Å². The van der Waals surface area contributed by atoms with E-state index in [-0.39, 0.29) is 67.3 Å². The Hall–Kier alpha value is -2.89. The molecule has 2 atom stereocenters. The van der Waals surface area contributed by atoms with Crippen LogP contribution >= 0.6 is 0 Å². The summed E-state index contributed by atoms with van der Waals surface area (Å²) in [6.07, 6.45) is -0.159. The minimum absolute atomic E-state index is 0. The molecule has 39 heavy (non-hydrogen) atoms. The molecule has 2 aromatic carbocycles. The molecule has 0 aliphatic rings. The number of aromatic nitrogens is 2. The van der Waals surface area contributed by atoms with Crippen molar-refractivity contribution in [2.75, 3.05) is 7.05 Å². The van der Waals surface area contributed by atoms with Crippen LogP contribution in [-0.2, 0) is 11.3 Å². The molecule has 0 saturated carbocycles. The zero-order valence-corrected chi connectivity index (χ0v) is 24.4. The van der Waals surface area contributed by atoms with Crippen LogP contribution in [0.5, 0.6) is 0 Å². The van der Waals surface area contributed by atoms with E-state index in [4.69, 9.17) is 5.11 Å². The first-order valence-electron chi connectivity index (χ1n) is 12.1. The molecule has 3 aromatic rings. The molecule has 0 aliphatic carbocycles. The summed E-state index contributed by atoms with van der Waals surface area (Å²) < 4.78 is 28.4. The summed E-state index contributed by atoms with van der Waals surface area (Å²) in [6.45, 7) is 3.98. The van der Waals surface area contributed by atoms with Gasteiger partial charge in [-0.3, -0.25) is 9.59 Å². The van der Waals surface area contributed by atoms with E-state index in [9.17, 15) is 28.6 Å². The number of aliphatic carboxylic acids is 1. The van der Waals surface area contributed by atoms with Gasteiger partial charge in [-0.15, -0.1) is 0 Å². The molecule has 0 saturated heterocycles. The van der Waals surface area contributed by atoms with Crippen LogP contribution in [0.15, 0.2) is 54.6 Å². The van der Waals surface area contributed by atoms with Gasteiger partial charge in [0.15, 0.2) is 5.69 Å². The first kappa shape index (κ1) is 32.3. The molecule has 0 unspecified atom stereocenters. The van der Waals surface area contributed by atoms with Crippen molar-refractivity contribution in [1.82, 2.24) is 14.7 Å². The summed E-state index contributed by atoms with van der Waals surface area (Å²) in [7, 11) is 1.61. The number of hydrogen-bond donors (Lipinski definition) is 3. The molecular weight excluding hydrogens is 519 g/mol. The van der Waals surface area contributed by atoms with Crippen LogP contribution in [0.3, 0.4) is 0 Å². The van der Waals surface area contributed by atoms with Crippen LogP contribution in [0.1, 0.15) is 61.3 Å². The maximum Gasteiger partial charge on any atom is 1.00 e. The van der Waals surface area contributed by atoms with Gasteiger partial charge in [0.1, 0.15) is 11.6 Å². The SMILES string of the molecule is CC(C)c1c(C(=O)N(C)Cc2ccc(F)cc2)nn(-c2ccc(F)cc2)c1/C=C/[C@H](O)C[C@@H](O)CC(=O)O.[H-].[Na+]. The molecule has 0 spiro atoms. The molecule has 11 heteroatoms. The van der Waals surface area contributed by atoms with Crippen LogP contribution in [0.2, 0.25) is 0 Å². The summed E-state index contributed by atoms with van der Waals surface area (Å²) in [5.41, 5.74) is 2.42. The van der Waals surface area contributed by atoms with Crippen molar-refractivity contribution in [3.05, 3.63) is 88.8 Å². The van der Waals surface area contributed by atoms with E-state index in [2.05, 4.69) is 5.10 Å². The average molecular weight is 552 g/mol. The Bertz CT molecular complexity index is 1300. The maximum atomic E-state index is 13.6. The minimum Gasteiger partial charge on any atom is -1.00 e. The summed E-state index contributed by atoms with van der Waals surface area (Å²) >= 11 is 0. The van der Waals surface area contributed by atoms with Crippen molar-refractivity contribution in [2.24, 2.45) is 0 Å². The zero-order chi connectivity index (χ0) is 28.0. The Kier molecular flexibility index (Phi) is 12.0. The fourth-order valence-electron chi connectivity index (χ4n) is 4.07. The number of carboxylic acid groups (broad SMARTS) is 1. The molecule has 1 aromatic heterocycles. The minimum atomic E-state index is -1.24. The number of halogens is 2. The standard InChI is InChI=1S/C28H31F2N3O5.Na.H/c1-17(2)26-24(13-12-22(34)14-23(35)15-25(36)37)33(21-10-8-20(30)9-11-21)31-27(26)28(38)32(3)16-18-4-6-19(29)7-5-18;;/h4-13,17,22-23,34-35H,14-16H2,1-3H3,(H,36,37);;/q;+1;-1/b13-12+;;/t22-,23+;;/m0../s1. The number of carbonyl (C=O) groups is 2. The Morgan fingerprint density at radius 1 is 1.05 bits per heavy atom. The van der Waals surface area contributed by atoms with E-state index < -0.39 is 30.4 Å². The van der Waals surface area contributed by atoms with E-state index in [0.717, 1.165) is 5.56 Å². The van der Waals surface area contributed by atoms with Crippen LogP contribution < -0.4 is 29.6 Å². The van der Waals surface area contributed by atoms with Gasteiger partial charge in [0.05, 0.1) is 30.0 Å². The van der Waals surface area contributed by atoms with E-state index in [1.54, 1.807) is 25.3 Å². The second kappa shape index (κ2) is 14.5. The number of amides is 1. The molecule has 0 fully saturated rings. The van der Waals surface area contributed by atoms with Crippen LogP contribution in [0.4, 0.5) is 8.78 Å². The van der Waals surface area contributed by atoms with Crippen LogP contribution in [0.25, 0.3) is 11.8 Å². The van der Waals surface area contributed by atoms with Gasteiger partial charge in [-0.2, -0.15) is 5.10 Å². The molecule has 3 rings (SSSR count). The monoisotopic (exact) mass is 551 g/mol. The third kappa shape index (κ3) is 8.81. The van der Waals surface area contributed by atoms with Gasteiger partial charge < -0.3 is 21.6 Å². The quantitative estimate of drug-likeness (QED) is 0.309. The molecule has 8 nitrogen and oxygen atoms in total. The van der Waals surface area contributed by atoms with E-state index in [1.807, 2.05) is 13.8 Å². The van der Waals surface area contributed by atoms with Crippen LogP contribution in [-0.4, -0.2) is 61.1 Å². The summed E-state index contributed by atoms with van der Waals surface area (Å²) in [6, 6.07) is 11.4. The molecule has 0 bridgehead atoms.